The molecule has 1 aliphatic heterocycles. The van der Waals surface area contributed by atoms with Gasteiger partial charge in [0.25, 0.3) is 0 Å². The van der Waals surface area contributed by atoms with Crippen molar-refractivity contribution in [2.24, 2.45) is 5.92 Å². The van der Waals surface area contributed by atoms with E-state index in [4.69, 9.17) is 0 Å². The minimum atomic E-state index is -2.82. The Bertz CT molecular complexity index is 338. The maximum absolute atomic E-state index is 11.4. The minimum Gasteiger partial charge on any atom is -0.355 e. The molecule has 0 aromatic carbocycles. The number of carbonyl (C=O) groups excluding carboxylic acids is 1. The van der Waals surface area contributed by atoms with Gasteiger partial charge in [-0.15, -0.1) is 11.8 Å². The molecular formula is C10H19NO3S2. The highest BCUT2D eigenvalue weighted by Gasteiger charge is 2.28. The van der Waals surface area contributed by atoms with Crippen LogP contribution in [0.15, 0.2) is 0 Å². The molecule has 0 spiro atoms. The maximum Gasteiger partial charge on any atom is 0.230 e. The van der Waals surface area contributed by atoms with Crippen molar-refractivity contribution in [1.29, 1.82) is 0 Å². The molecule has 1 aliphatic rings. The summed E-state index contributed by atoms with van der Waals surface area (Å²) in [6, 6.07) is 0. The maximum atomic E-state index is 11.4. The van der Waals surface area contributed by atoms with E-state index < -0.39 is 9.84 Å². The lowest BCUT2D eigenvalue weighted by Gasteiger charge is -2.09. The molecule has 0 bridgehead atoms. The topological polar surface area (TPSA) is 63.2 Å². The van der Waals surface area contributed by atoms with Gasteiger partial charge in [-0.2, -0.15) is 0 Å². The highest BCUT2D eigenvalue weighted by atomic mass is 32.2. The molecule has 94 valence electrons. The number of amides is 1. The Kier molecular flexibility index (Phi) is 5.11. The molecule has 1 fully saturated rings. The van der Waals surface area contributed by atoms with Crippen LogP contribution in [-0.2, 0) is 14.6 Å². The molecule has 1 amide bonds. The van der Waals surface area contributed by atoms with Crippen LogP contribution in [0, 0.1) is 5.92 Å². The first-order chi connectivity index (χ1) is 7.39. The number of hydrogen-bond donors (Lipinski definition) is 1. The normalized spacial score (nSPS) is 23.6. The van der Waals surface area contributed by atoms with Crippen molar-refractivity contribution in [1.82, 2.24) is 5.32 Å². The van der Waals surface area contributed by atoms with Gasteiger partial charge in [0.15, 0.2) is 9.84 Å². The molecule has 1 atom stereocenters. The second-order valence-electron chi connectivity index (χ2n) is 4.53. The summed E-state index contributed by atoms with van der Waals surface area (Å²) < 4.78 is 22.4. The Labute approximate surface area is 101 Å². The number of thioether (sulfide) groups is 1. The first-order valence-electron chi connectivity index (χ1n) is 5.48. The number of sulfone groups is 1. The number of hydrogen-bond acceptors (Lipinski definition) is 4. The standard InChI is InChI=1S/C10H19NO3S2/c1-8(2)5-11-10(12)6-15-9-3-4-16(13,14)7-9/h8-9H,3-7H2,1-2H3,(H,11,12). The minimum absolute atomic E-state index is 0.00278. The van der Waals surface area contributed by atoms with Gasteiger partial charge in [0.1, 0.15) is 0 Å². The van der Waals surface area contributed by atoms with Crippen molar-refractivity contribution >= 4 is 27.5 Å². The second kappa shape index (κ2) is 5.91. The van der Waals surface area contributed by atoms with Crippen LogP contribution in [-0.4, -0.2) is 43.4 Å². The van der Waals surface area contributed by atoms with E-state index in [0.717, 1.165) is 0 Å². The molecule has 0 aromatic heterocycles. The Morgan fingerprint density at radius 2 is 2.19 bits per heavy atom. The fraction of sp³-hybridized carbons (Fsp3) is 0.900. The van der Waals surface area contributed by atoms with Gasteiger partial charge in [-0.1, -0.05) is 13.8 Å². The molecule has 0 saturated carbocycles. The lowest BCUT2D eigenvalue weighted by Crippen LogP contribution is -2.29. The SMILES string of the molecule is CC(C)CNC(=O)CSC1CCS(=O)(=O)C1. The third kappa shape index (κ3) is 5.21. The van der Waals surface area contributed by atoms with E-state index in [9.17, 15) is 13.2 Å². The van der Waals surface area contributed by atoms with E-state index in [-0.39, 0.29) is 22.7 Å². The Morgan fingerprint density at radius 3 is 2.69 bits per heavy atom. The van der Waals surface area contributed by atoms with E-state index in [1.54, 1.807) is 0 Å². The highest BCUT2D eigenvalue weighted by Crippen LogP contribution is 2.23. The van der Waals surface area contributed by atoms with Gasteiger partial charge in [-0.25, -0.2) is 8.42 Å². The molecule has 1 rings (SSSR count). The molecule has 16 heavy (non-hydrogen) atoms. The summed E-state index contributed by atoms with van der Waals surface area (Å²) in [6.45, 7) is 4.76. The first kappa shape index (κ1) is 13.8. The lowest BCUT2D eigenvalue weighted by molar-refractivity contribution is -0.118. The van der Waals surface area contributed by atoms with Crippen LogP contribution in [0.5, 0.6) is 0 Å². The Hall–Kier alpha value is -0.230. The molecule has 0 aromatic rings. The zero-order chi connectivity index (χ0) is 12.2. The monoisotopic (exact) mass is 265 g/mol. The number of nitrogens with one attached hydrogen (secondary N) is 1. The van der Waals surface area contributed by atoms with Crippen LogP contribution in [0.4, 0.5) is 0 Å². The van der Waals surface area contributed by atoms with Gasteiger partial charge in [0, 0.05) is 11.8 Å². The van der Waals surface area contributed by atoms with Gasteiger partial charge in [-0.3, -0.25) is 4.79 Å². The summed E-state index contributed by atoms with van der Waals surface area (Å²) in [5.74, 6) is 1.32. The molecule has 1 heterocycles. The summed E-state index contributed by atoms with van der Waals surface area (Å²) in [5, 5.41) is 2.92. The molecule has 0 radical (unpaired) electrons. The van der Waals surface area contributed by atoms with Gasteiger partial charge in [0.05, 0.1) is 17.3 Å². The Morgan fingerprint density at radius 1 is 1.50 bits per heavy atom. The fourth-order valence-corrected chi connectivity index (χ4v) is 4.93. The average Bonchev–Trinajstić information content (AvgIpc) is 2.52. The van der Waals surface area contributed by atoms with Crippen molar-refractivity contribution < 1.29 is 13.2 Å². The molecule has 4 nitrogen and oxygen atoms in total. The van der Waals surface area contributed by atoms with Crippen molar-refractivity contribution in [2.75, 3.05) is 23.8 Å². The summed E-state index contributed by atoms with van der Waals surface area (Å²) in [7, 11) is -2.82. The summed E-state index contributed by atoms with van der Waals surface area (Å²) in [5.41, 5.74) is 0. The van der Waals surface area contributed by atoms with E-state index >= 15 is 0 Å². The van der Waals surface area contributed by atoms with Crippen molar-refractivity contribution in [3.8, 4) is 0 Å². The highest BCUT2D eigenvalue weighted by molar-refractivity contribution is 8.02. The lowest BCUT2D eigenvalue weighted by atomic mass is 10.2. The van der Waals surface area contributed by atoms with Gasteiger partial charge in [-0.05, 0) is 12.3 Å². The number of carbonyl (C=O) groups is 1. The van der Waals surface area contributed by atoms with Crippen LogP contribution in [0.3, 0.4) is 0 Å². The molecule has 6 heteroatoms. The van der Waals surface area contributed by atoms with Crippen molar-refractivity contribution in [3.63, 3.8) is 0 Å². The zero-order valence-corrected chi connectivity index (χ0v) is 11.4. The fourth-order valence-electron chi connectivity index (χ4n) is 1.45. The largest absolute Gasteiger partial charge is 0.355 e. The summed E-state index contributed by atoms with van der Waals surface area (Å²) >= 11 is 1.45. The molecule has 1 saturated heterocycles. The third-order valence-corrected chi connectivity index (χ3v) is 5.63. The van der Waals surface area contributed by atoms with Crippen LogP contribution >= 0.6 is 11.8 Å². The van der Waals surface area contributed by atoms with Crippen molar-refractivity contribution in [2.45, 2.75) is 25.5 Å². The van der Waals surface area contributed by atoms with Gasteiger partial charge < -0.3 is 5.32 Å². The van der Waals surface area contributed by atoms with E-state index in [1.807, 2.05) is 13.8 Å². The predicted molar refractivity (Wildman–Crippen MR) is 67.4 cm³/mol. The van der Waals surface area contributed by atoms with E-state index in [2.05, 4.69) is 5.32 Å². The van der Waals surface area contributed by atoms with E-state index in [0.29, 0.717) is 24.6 Å². The van der Waals surface area contributed by atoms with Gasteiger partial charge >= 0.3 is 0 Å². The quantitative estimate of drug-likeness (QED) is 0.794. The predicted octanol–water partition coefficient (Wildman–Crippen LogP) is 0.679. The average molecular weight is 265 g/mol. The van der Waals surface area contributed by atoms with Gasteiger partial charge in [0.2, 0.25) is 5.91 Å². The molecule has 1 unspecified atom stereocenters. The van der Waals surface area contributed by atoms with Crippen LogP contribution in [0.25, 0.3) is 0 Å². The molecular weight excluding hydrogens is 246 g/mol. The van der Waals surface area contributed by atoms with E-state index in [1.165, 1.54) is 11.8 Å². The zero-order valence-electron chi connectivity index (χ0n) is 9.73. The second-order valence-corrected chi connectivity index (χ2v) is 8.05. The Balaban J connectivity index is 2.18. The molecule has 0 aliphatic carbocycles. The van der Waals surface area contributed by atoms with Crippen LogP contribution in [0.1, 0.15) is 20.3 Å². The van der Waals surface area contributed by atoms with Crippen molar-refractivity contribution in [3.05, 3.63) is 0 Å². The smallest absolute Gasteiger partial charge is 0.230 e. The van der Waals surface area contributed by atoms with Crippen LogP contribution < -0.4 is 5.32 Å². The third-order valence-electron chi connectivity index (χ3n) is 2.35. The summed E-state index contributed by atoms with van der Waals surface area (Å²) in [4.78, 5) is 11.4. The summed E-state index contributed by atoms with van der Waals surface area (Å²) in [6.07, 6.45) is 0.685. The van der Waals surface area contributed by atoms with Crippen LogP contribution in [0.2, 0.25) is 0 Å². The molecule has 1 N–H and O–H groups in total. The first-order valence-corrected chi connectivity index (χ1v) is 8.35. The number of rotatable bonds is 5.